The summed E-state index contributed by atoms with van der Waals surface area (Å²) in [6, 6.07) is 10.7. The molecule has 132 valence electrons. The van der Waals surface area contributed by atoms with Crippen molar-refractivity contribution in [3.8, 4) is 0 Å². The van der Waals surface area contributed by atoms with E-state index in [0.717, 1.165) is 39.0 Å². The number of piperidine rings is 1. The Balaban J connectivity index is 1.49. The molecule has 0 aromatic heterocycles. The first kappa shape index (κ1) is 17.4. The normalized spacial score (nSPS) is 26.2. The van der Waals surface area contributed by atoms with E-state index in [9.17, 15) is 4.79 Å². The van der Waals surface area contributed by atoms with Crippen LogP contribution < -0.4 is 5.32 Å². The number of nitrogens with one attached hydrogen (secondary N) is 1. The van der Waals surface area contributed by atoms with Gasteiger partial charge in [-0.25, -0.2) is 0 Å². The summed E-state index contributed by atoms with van der Waals surface area (Å²) in [5, 5.41) is 3.30. The molecule has 2 atom stereocenters. The van der Waals surface area contributed by atoms with Gasteiger partial charge in [0.1, 0.15) is 6.04 Å². The van der Waals surface area contributed by atoms with E-state index in [0.29, 0.717) is 12.6 Å². The van der Waals surface area contributed by atoms with Crippen LogP contribution in [0.3, 0.4) is 0 Å². The van der Waals surface area contributed by atoms with E-state index in [1.165, 1.54) is 5.56 Å². The molecule has 24 heavy (non-hydrogen) atoms. The molecule has 0 spiro atoms. The summed E-state index contributed by atoms with van der Waals surface area (Å²) in [5.74, 6) is 0.170. The van der Waals surface area contributed by atoms with E-state index in [-0.39, 0.29) is 18.1 Å². The minimum atomic E-state index is -0.203. The fourth-order valence-corrected chi connectivity index (χ4v) is 3.72. The van der Waals surface area contributed by atoms with Crippen LogP contribution in [0.2, 0.25) is 0 Å². The predicted octanol–water partition coefficient (Wildman–Crippen LogP) is 1.49. The molecule has 0 saturated carbocycles. The average molecular weight is 331 g/mol. The number of hydrogen-bond acceptors (Lipinski definition) is 4. The van der Waals surface area contributed by atoms with Crippen LogP contribution in [0.15, 0.2) is 30.3 Å². The molecule has 5 nitrogen and oxygen atoms in total. The fourth-order valence-electron chi connectivity index (χ4n) is 3.72. The fraction of sp³-hybridized carbons (Fsp3) is 0.632. The van der Waals surface area contributed by atoms with Crippen molar-refractivity contribution in [3.05, 3.63) is 35.9 Å². The number of benzene rings is 1. The van der Waals surface area contributed by atoms with Gasteiger partial charge in [0.15, 0.2) is 0 Å². The summed E-state index contributed by atoms with van der Waals surface area (Å²) < 4.78 is 5.61. The number of likely N-dealkylation sites (N-methyl/N-ethyl adjacent to an activating group) is 1. The van der Waals surface area contributed by atoms with E-state index in [4.69, 9.17) is 4.74 Å². The zero-order valence-electron chi connectivity index (χ0n) is 14.8. The highest BCUT2D eigenvalue weighted by Crippen LogP contribution is 2.19. The molecule has 1 N–H and O–H groups in total. The molecule has 5 heteroatoms. The Kier molecular flexibility index (Phi) is 5.87. The van der Waals surface area contributed by atoms with Crippen LogP contribution >= 0.6 is 0 Å². The maximum atomic E-state index is 12.8. The second kappa shape index (κ2) is 8.10. The van der Waals surface area contributed by atoms with Crippen LogP contribution in [0.25, 0.3) is 0 Å². The van der Waals surface area contributed by atoms with Crippen molar-refractivity contribution in [2.24, 2.45) is 0 Å². The Morgan fingerprint density at radius 3 is 2.67 bits per heavy atom. The lowest BCUT2D eigenvalue weighted by atomic mass is 10.0. The Morgan fingerprint density at radius 2 is 2.00 bits per heavy atom. The van der Waals surface area contributed by atoms with Gasteiger partial charge in [-0.2, -0.15) is 0 Å². The molecule has 0 bridgehead atoms. The van der Waals surface area contributed by atoms with Gasteiger partial charge in [0.25, 0.3) is 0 Å². The number of nitrogens with zero attached hydrogens (tertiary/aromatic N) is 2. The molecule has 2 aliphatic heterocycles. The lowest BCUT2D eigenvalue weighted by Gasteiger charge is -2.39. The Hall–Kier alpha value is -1.43. The largest absolute Gasteiger partial charge is 0.375 e. The minimum absolute atomic E-state index is 0.0492. The van der Waals surface area contributed by atoms with Crippen molar-refractivity contribution in [1.29, 1.82) is 0 Å². The number of rotatable bonds is 4. The van der Waals surface area contributed by atoms with Crippen molar-refractivity contribution in [3.63, 3.8) is 0 Å². The Bertz CT molecular complexity index is 529. The van der Waals surface area contributed by atoms with Crippen molar-refractivity contribution in [2.75, 3.05) is 33.3 Å². The number of carbonyl (C=O) groups is 1. The van der Waals surface area contributed by atoms with Gasteiger partial charge in [-0.05, 0) is 25.3 Å². The van der Waals surface area contributed by atoms with Crippen LogP contribution in [0.5, 0.6) is 0 Å². The van der Waals surface area contributed by atoms with Gasteiger partial charge in [-0.1, -0.05) is 30.3 Å². The number of amides is 1. The highest BCUT2D eigenvalue weighted by atomic mass is 16.5. The molecule has 2 heterocycles. The van der Waals surface area contributed by atoms with Crippen LogP contribution in [0.1, 0.15) is 25.3 Å². The van der Waals surface area contributed by atoms with Gasteiger partial charge in [0.05, 0.1) is 12.7 Å². The molecule has 1 amide bonds. The second-order valence-electron chi connectivity index (χ2n) is 6.95. The maximum Gasteiger partial charge on any atom is 0.242 e. The number of carbonyl (C=O) groups excluding carboxylic acids is 1. The van der Waals surface area contributed by atoms with E-state index < -0.39 is 0 Å². The molecule has 3 rings (SSSR count). The lowest BCUT2D eigenvalue weighted by molar-refractivity contribution is -0.141. The number of morpholine rings is 1. The van der Waals surface area contributed by atoms with Crippen LogP contribution in [0, 0.1) is 0 Å². The van der Waals surface area contributed by atoms with Crippen LogP contribution in [0.4, 0.5) is 0 Å². The predicted molar refractivity (Wildman–Crippen MR) is 94.7 cm³/mol. The zero-order valence-corrected chi connectivity index (χ0v) is 14.8. The highest BCUT2D eigenvalue weighted by molar-refractivity contribution is 5.82. The third-order valence-electron chi connectivity index (χ3n) is 5.28. The van der Waals surface area contributed by atoms with Gasteiger partial charge in [-0.3, -0.25) is 9.69 Å². The molecule has 0 aliphatic carbocycles. The van der Waals surface area contributed by atoms with Crippen molar-refractivity contribution >= 4 is 5.91 Å². The monoisotopic (exact) mass is 331 g/mol. The molecule has 2 saturated heterocycles. The van der Waals surface area contributed by atoms with E-state index in [1.54, 1.807) is 0 Å². The summed E-state index contributed by atoms with van der Waals surface area (Å²) in [6.45, 7) is 6.50. The minimum Gasteiger partial charge on any atom is -0.375 e. The van der Waals surface area contributed by atoms with Gasteiger partial charge >= 0.3 is 0 Å². The van der Waals surface area contributed by atoms with E-state index in [1.807, 2.05) is 18.9 Å². The average Bonchev–Trinajstić information content (AvgIpc) is 2.62. The third kappa shape index (κ3) is 4.15. The topological polar surface area (TPSA) is 44.8 Å². The summed E-state index contributed by atoms with van der Waals surface area (Å²) in [6.07, 6.45) is 2.03. The van der Waals surface area contributed by atoms with Gasteiger partial charge < -0.3 is 15.0 Å². The first-order valence-electron chi connectivity index (χ1n) is 9.03. The van der Waals surface area contributed by atoms with Gasteiger partial charge in [0.2, 0.25) is 5.91 Å². The Morgan fingerprint density at radius 1 is 1.29 bits per heavy atom. The van der Waals surface area contributed by atoms with Crippen molar-refractivity contribution in [2.45, 2.75) is 44.5 Å². The quantitative estimate of drug-likeness (QED) is 0.908. The van der Waals surface area contributed by atoms with Crippen LogP contribution in [-0.2, 0) is 16.1 Å². The van der Waals surface area contributed by atoms with E-state index in [2.05, 4.69) is 40.5 Å². The lowest BCUT2D eigenvalue weighted by Crippen LogP contribution is -2.58. The third-order valence-corrected chi connectivity index (χ3v) is 5.28. The molecule has 0 radical (unpaired) electrons. The van der Waals surface area contributed by atoms with Gasteiger partial charge in [0, 0.05) is 39.3 Å². The molecule has 0 unspecified atom stereocenters. The second-order valence-corrected chi connectivity index (χ2v) is 6.95. The highest BCUT2D eigenvalue weighted by Gasteiger charge is 2.34. The van der Waals surface area contributed by atoms with E-state index >= 15 is 0 Å². The Labute approximate surface area is 145 Å². The maximum absolute atomic E-state index is 12.8. The number of hydrogen-bond donors (Lipinski definition) is 1. The summed E-state index contributed by atoms with van der Waals surface area (Å²) in [7, 11) is 1.95. The molecule has 1 aromatic carbocycles. The van der Waals surface area contributed by atoms with Crippen LogP contribution in [-0.4, -0.2) is 67.2 Å². The van der Waals surface area contributed by atoms with Gasteiger partial charge in [-0.15, -0.1) is 0 Å². The molecule has 2 fully saturated rings. The molecular formula is C19H29N3O2. The number of ether oxygens (including phenoxy) is 1. The smallest absolute Gasteiger partial charge is 0.242 e. The molecular weight excluding hydrogens is 302 g/mol. The summed E-state index contributed by atoms with van der Waals surface area (Å²) in [4.78, 5) is 17.2. The van der Waals surface area contributed by atoms with Crippen molar-refractivity contribution in [1.82, 2.24) is 15.1 Å². The summed E-state index contributed by atoms with van der Waals surface area (Å²) in [5.41, 5.74) is 1.36. The van der Waals surface area contributed by atoms with Crippen molar-refractivity contribution < 1.29 is 9.53 Å². The summed E-state index contributed by atoms with van der Waals surface area (Å²) >= 11 is 0. The number of likely N-dealkylation sites (tertiary alicyclic amines) is 1. The first-order chi connectivity index (χ1) is 11.6. The first-order valence-corrected chi connectivity index (χ1v) is 9.03. The SMILES string of the molecule is C[C@H]1OCCN[C@@H]1C(=O)N(C)C1CCN(Cc2ccccc2)CC1. The standard InChI is InChI=1S/C19H29N3O2/c1-15-18(20-10-13-24-15)19(23)21(2)17-8-11-22(12-9-17)14-16-6-4-3-5-7-16/h3-7,15,17-18,20H,8-14H2,1-2H3/t15-,18+/m1/s1. The molecule has 2 aliphatic rings. The zero-order chi connectivity index (χ0) is 16.9. The molecule has 1 aromatic rings.